The van der Waals surface area contributed by atoms with Crippen molar-refractivity contribution in [2.24, 2.45) is 17.8 Å². The molecule has 1 saturated heterocycles. The largest absolute Gasteiger partial charge is 0.335 e. The smallest absolute Gasteiger partial charge is 0.276 e. The summed E-state index contributed by atoms with van der Waals surface area (Å²) in [5.74, 6) is 2.67. The van der Waals surface area contributed by atoms with Crippen molar-refractivity contribution >= 4 is 18.3 Å². The molecule has 138 valence electrons. The van der Waals surface area contributed by atoms with Gasteiger partial charge in [-0.25, -0.2) is 4.68 Å². The molecule has 0 aromatic carbocycles. The molecule has 1 aromatic heterocycles. The maximum atomic E-state index is 12.7. The second-order valence-corrected chi connectivity index (χ2v) is 8.79. The van der Waals surface area contributed by atoms with Crippen molar-refractivity contribution in [2.75, 3.05) is 33.2 Å². The molecule has 4 bridgehead atoms. The number of amides is 1. The maximum absolute atomic E-state index is 12.7. The lowest BCUT2D eigenvalue weighted by atomic mass is 9.53. The number of hydrogen-bond acceptors (Lipinski definition) is 4. The lowest BCUT2D eigenvalue weighted by Gasteiger charge is -2.56. The summed E-state index contributed by atoms with van der Waals surface area (Å²) in [6.45, 7) is 3.46. The van der Waals surface area contributed by atoms with Crippen LogP contribution in [-0.4, -0.2) is 63.9 Å². The quantitative estimate of drug-likeness (QED) is 0.804. The van der Waals surface area contributed by atoms with Crippen LogP contribution in [0.15, 0.2) is 6.20 Å². The van der Waals surface area contributed by atoms with Crippen LogP contribution in [0.5, 0.6) is 0 Å². The van der Waals surface area contributed by atoms with Crippen molar-refractivity contribution in [2.45, 2.75) is 44.1 Å². The first-order valence-electron chi connectivity index (χ1n) is 9.52. The zero-order chi connectivity index (χ0) is 16.3. The number of likely N-dealkylation sites (N-methyl/N-ethyl adjacent to an activating group) is 1. The molecular weight excluding hydrogens is 338 g/mol. The lowest BCUT2D eigenvalue weighted by molar-refractivity contribution is -0.0502. The molecule has 5 aliphatic rings. The van der Waals surface area contributed by atoms with Crippen molar-refractivity contribution in [1.82, 2.24) is 24.8 Å². The van der Waals surface area contributed by atoms with Crippen molar-refractivity contribution in [3.05, 3.63) is 11.9 Å². The molecule has 4 saturated carbocycles. The molecule has 2 heterocycles. The van der Waals surface area contributed by atoms with E-state index in [4.69, 9.17) is 0 Å². The van der Waals surface area contributed by atoms with Crippen LogP contribution in [0.4, 0.5) is 0 Å². The number of nitrogens with zero attached hydrogens (tertiary/aromatic N) is 5. The van der Waals surface area contributed by atoms with E-state index in [1.807, 2.05) is 11.1 Å². The molecule has 5 fully saturated rings. The van der Waals surface area contributed by atoms with Crippen LogP contribution in [0.1, 0.15) is 49.0 Å². The van der Waals surface area contributed by atoms with Gasteiger partial charge in [0.25, 0.3) is 5.91 Å². The fourth-order valence-corrected chi connectivity index (χ4v) is 6.11. The molecule has 0 radical (unpaired) electrons. The Bertz CT molecular complexity index is 616. The van der Waals surface area contributed by atoms with Crippen molar-refractivity contribution in [1.29, 1.82) is 0 Å². The monoisotopic (exact) mass is 365 g/mol. The Labute approximate surface area is 155 Å². The first-order valence-corrected chi connectivity index (χ1v) is 9.52. The number of rotatable bonds is 2. The standard InChI is InChI=1S/C18H27N5O.ClH/c1-21-2-4-22(5-3-21)17(24)16-12-23(20-19-16)18-9-13-6-14(10-18)8-15(7-13)11-18;/h12-15H,2-11H2,1H3;1H. The Hall–Kier alpha value is -1.14. The number of carbonyl (C=O) groups excluding carboxylic acids is 1. The molecule has 0 atom stereocenters. The Kier molecular flexibility index (Phi) is 4.31. The molecule has 1 aromatic rings. The molecule has 1 amide bonds. The minimum absolute atomic E-state index is 0. The summed E-state index contributed by atoms with van der Waals surface area (Å²) in [5, 5.41) is 8.72. The second-order valence-electron chi connectivity index (χ2n) is 8.79. The van der Waals surface area contributed by atoms with E-state index in [9.17, 15) is 4.79 Å². The highest BCUT2D eigenvalue weighted by Gasteiger charge is 2.52. The van der Waals surface area contributed by atoms with Crippen LogP contribution in [0.3, 0.4) is 0 Å². The summed E-state index contributed by atoms with van der Waals surface area (Å²) in [5.41, 5.74) is 0.692. The van der Waals surface area contributed by atoms with Crippen molar-refractivity contribution in [3.8, 4) is 0 Å². The molecule has 7 heteroatoms. The van der Waals surface area contributed by atoms with Gasteiger partial charge in [0.05, 0.1) is 11.7 Å². The molecular formula is C18H28ClN5O. The van der Waals surface area contributed by atoms with Gasteiger partial charge < -0.3 is 9.80 Å². The van der Waals surface area contributed by atoms with E-state index >= 15 is 0 Å². The minimum atomic E-state index is 0. The maximum Gasteiger partial charge on any atom is 0.276 e. The van der Waals surface area contributed by atoms with Crippen LogP contribution in [0.2, 0.25) is 0 Å². The average Bonchev–Trinajstić information content (AvgIpc) is 3.04. The van der Waals surface area contributed by atoms with Crippen molar-refractivity contribution in [3.63, 3.8) is 0 Å². The zero-order valence-corrected chi connectivity index (χ0v) is 15.7. The summed E-state index contributed by atoms with van der Waals surface area (Å²) in [6, 6.07) is 0. The third-order valence-electron chi connectivity index (χ3n) is 6.99. The van der Waals surface area contributed by atoms with Gasteiger partial charge in [0.1, 0.15) is 0 Å². The highest BCUT2D eigenvalue weighted by molar-refractivity contribution is 5.92. The molecule has 6 rings (SSSR count). The molecule has 4 aliphatic carbocycles. The van der Waals surface area contributed by atoms with Crippen molar-refractivity contribution < 1.29 is 4.79 Å². The number of piperazine rings is 1. The number of aromatic nitrogens is 3. The van der Waals surface area contributed by atoms with Crippen LogP contribution in [0.25, 0.3) is 0 Å². The van der Waals surface area contributed by atoms with Gasteiger partial charge in [-0.15, -0.1) is 17.5 Å². The van der Waals surface area contributed by atoms with E-state index in [0.717, 1.165) is 43.9 Å². The predicted molar refractivity (Wildman–Crippen MR) is 96.8 cm³/mol. The summed E-state index contributed by atoms with van der Waals surface area (Å²) in [6.07, 6.45) is 9.93. The van der Waals surface area contributed by atoms with Gasteiger partial charge in [0, 0.05) is 26.2 Å². The Morgan fingerprint density at radius 2 is 1.60 bits per heavy atom. The first kappa shape index (κ1) is 17.3. The molecule has 0 N–H and O–H groups in total. The molecule has 6 nitrogen and oxygen atoms in total. The highest BCUT2D eigenvalue weighted by atomic mass is 35.5. The third-order valence-corrected chi connectivity index (χ3v) is 6.99. The van der Waals surface area contributed by atoms with E-state index in [1.54, 1.807) is 0 Å². The fraction of sp³-hybridized carbons (Fsp3) is 0.833. The van der Waals surface area contributed by atoms with Crippen LogP contribution in [-0.2, 0) is 5.54 Å². The third kappa shape index (κ3) is 2.87. The van der Waals surface area contributed by atoms with E-state index in [2.05, 4.69) is 26.9 Å². The topological polar surface area (TPSA) is 54.3 Å². The van der Waals surface area contributed by atoms with Gasteiger partial charge in [-0.2, -0.15) is 0 Å². The van der Waals surface area contributed by atoms with Gasteiger partial charge in [-0.3, -0.25) is 4.79 Å². The van der Waals surface area contributed by atoms with Gasteiger partial charge in [0.15, 0.2) is 5.69 Å². The highest BCUT2D eigenvalue weighted by Crippen LogP contribution is 2.58. The van der Waals surface area contributed by atoms with E-state index < -0.39 is 0 Å². The normalized spacial score (nSPS) is 37.2. The van der Waals surface area contributed by atoms with E-state index in [-0.39, 0.29) is 23.9 Å². The van der Waals surface area contributed by atoms with Gasteiger partial charge in [-0.1, -0.05) is 5.21 Å². The fourth-order valence-electron chi connectivity index (χ4n) is 6.11. The Morgan fingerprint density at radius 1 is 1.04 bits per heavy atom. The predicted octanol–water partition coefficient (Wildman–Crippen LogP) is 2.01. The Morgan fingerprint density at radius 3 is 2.16 bits per heavy atom. The number of carbonyl (C=O) groups is 1. The van der Waals surface area contributed by atoms with Gasteiger partial charge >= 0.3 is 0 Å². The van der Waals surface area contributed by atoms with Crippen LogP contribution in [0, 0.1) is 17.8 Å². The SMILES string of the molecule is CN1CCN(C(=O)c2cn(C34CC5CC(CC(C5)C3)C4)nn2)CC1.Cl. The number of halogens is 1. The van der Waals surface area contributed by atoms with Gasteiger partial charge in [0.2, 0.25) is 0 Å². The van der Waals surface area contributed by atoms with E-state index in [1.165, 1.54) is 38.5 Å². The Balaban J connectivity index is 0.00000157. The summed E-state index contributed by atoms with van der Waals surface area (Å²) < 4.78 is 2.08. The molecule has 1 aliphatic heterocycles. The van der Waals surface area contributed by atoms with Gasteiger partial charge in [-0.05, 0) is 63.3 Å². The average molecular weight is 366 g/mol. The van der Waals surface area contributed by atoms with Crippen LogP contribution < -0.4 is 0 Å². The second kappa shape index (κ2) is 6.23. The van der Waals surface area contributed by atoms with Crippen LogP contribution >= 0.6 is 12.4 Å². The summed E-state index contributed by atoms with van der Waals surface area (Å²) >= 11 is 0. The number of hydrogen-bond donors (Lipinski definition) is 0. The first-order chi connectivity index (χ1) is 11.6. The molecule has 0 spiro atoms. The zero-order valence-electron chi connectivity index (χ0n) is 14.9. The summed E-state index contributed by atoms with van der Waals surface area (Å²) in [7, 11) is 2.10. The molecule has 25 heavy (non-hydrogen) atoms. The molecule has 0 unspecified atom stereocenters. The lowest BCUT2D eigenvalue weighted by Crippen LogP contribution is -2.52. The van der Waals surface area contributed by atoms with E-state index in [0.29, 0.717) is 5.69 Å². The summed E-state index contributed by atoms with van der Waals surface area (Å²) in [4.78, 5) is 16.9. The minimum Gasteiger partial charge on any atom is -0.335 e.